The molecular weight excluding hydrogens is 408 g/mol. The minimum Gasteiger partial charge on any atom is -0.508 e. The molecule has 33 heavy (non-hydrogen) atoms. The summed E-state index contributed by atoms with van der Waals surface area (Å²) >= 11 is 0. The number of phenolic OH excluding ortho intramolecular Hbond substituents is 1. The van der Waals surface area contributed by atoms with E-state index in [1.807, 2.05) is 30.3 Å². The van der Waals surface area contributed by atoms with Crippen LogP contribution >= 0.6 is 0 Å². The number of hydrogen-bond acceptors (Lipinski definition) is 3. The molecule has 0 amide bonds. The molecule has 1 aromatic heterocycles. The number of fused-ring (bicyclic) bond motifs is 1. The van der Waals surface area contributed by atoms with E-state index in [4.69, 9.17) is 0 Å². The minimum absolute atomic E-state index is 0.218. The highest BCUT2D eigenvalue weighted by Crippen LogP contribution is 2.38. The van der Waals surface area contributed by atoms with Gasteiger partial charge in [-0.15, -0.1) is 0 Å². The van der Waals surface area contributed by atoms with E-state index >= 15 is 0 Å². The molecule has 4 nitrogen and oxygen atoms in total. The number of nitrogens with one attached hydrogen (secondary N) is 1. The Labute approximate surface area is 194 Å². The van der Waals surface area contributed by atoms with Crippen LogP contribution in [0, 0.1) is 12.8 Å². The SMILES string of the molecule is Cc1cccc(Cc2[nH]nc3ccc(C(=O)CC4CCC[C@@H](c5ccc(O)cc5)C4)cc23)c1. The summed E-state index contributed by atoms with van der Waals surface area (Å²) in [7, 11) is 0. The molecule has 4 heteroatoms. The average molecular weight is 439 g/mol. The third-order valence-electron chi connectivity index (χ3n) is 7.04. The highest BCUT2D eigenvalue weighted by atomic mass is 16.3. The predicted octanol–water partition coefficient (Wildman–Crippen LogP) is 6.71. The van der Waals surface area contributed by atoms with Gasteiger partial charge in [0.2, 0.25) is 0 Å². The summed E-state index contributed by atoms with van der Waals surface area (Å²) in [5.41, 5.74) is 6.48. The minimum atomic E-state index is 0.218. The van der Waals surface area contributed by atoms with Gasteiger partial charge in [0.25, 0.3) is 0 Å². The summed E-state index contributed by atoms with van der Waals surface area (Å²) in [6, 6.07) is 22.0. The van der Waals surface area contributed by atoms with Crippen LogP contribution < -0.4 is 0 Å². The summed E-state index contributed by atoms with van der Waals surface area (Å²) < 4.78 is 0. The Hall–Kier alpha value is -3.40. The lowest BCUT2D eigenvalue weighted by atomic mass is 9.76. The van der Waals surface area contributed by atoms with Gasteiger partial charge in [0, 0.05) is 29.5 Å². The van der Waals surface area contributed by atoms with Crippen molar-refractivity contribution in [3.05, 3.63) is 94.7 Å². The van der Waals surface area contributed by atoms with E-state index in [2.05, 4.69) is 41.4 Å². The Morgan fingerprint density at radius 3 is 2.73 bits per heavy atom. The first kappa shape index (κ1) is 21.4. The van der Waals surface area contributed by atoms with Crippen molar-refractivity contribution < 1.29 is 9.90 Å². The molecule has 0 bridgehead atoms. The van der Waals surface area contributed by atoms with Gasteiger partial charge in [0.05, 0.1) is 5.52 Å². The van der Waals surface area contributed by atoms with E-state index in [9.17, 15) is 9.90 Å². The molecule has 1 unspecified atom stereocenters. The highest BCUT2D eigenvalue weighted by Gasteiger charge is 2.25. The van der Waals surface area contributed by atoms with Crippen LogP contribution in [-0.2, 0) is 6.42 Å². The first-order valence-electron chi connectivity index (χ1n) is 11.9. The van der Waals surface area contributed by atoms with Crippen molar-refractivity contribution >= 4 is 16.7 Å². The van der Waals surface area contributed by atoms with Crippen LogP contribution in [0.25, 0.3) is 10.9 Å². The van der Waals surface area contributed by atoms with Crippen molar-refractivity contribution in [3.8, 4) is 5.75 Å². The molecule has 1 fully saturated rings. The van der Waals surface area contributed by atoms with Gasteiger partial charge in [0.15, 0.2) is 5.78 Å². The van der Waals surface area contributed by atoms with Crippen molar-refractivity contribution in [2.75, 3.05) is 0 Å². The second-order valence-electron chi connectivity index (χ2n) is 9.55. The molecule has 1 aliphatic carbocycles. The summed E-state index contributed by atoms with van der Waals surface area (Å²) in [6.07, 6.45) is 5.79. The van der Waals surface area contributed by atoms with Gasteiger partial charge >= 0.3 is 0 Å². The van der Waals surface area contributed by atoms with Crippen molar-refractivity contribution in [1.82, 2.24) is 10.2 Å². The Kier molecular flexibility index (Phi) is 5.99. The van der Waals surface area contributed by atoms with Crippen LogP contribution in [0.3, 0.4) is 0 Å². The number of rotatable bonds is 6. The molecule has 4 aromatic rings. The fourth-order valence-electron chi connectivity index (χ4n) is 5.30. The maximum absolute atomic E-state index is 13.2. The number of aromatic hydroxyl groups is 1. The average Bonchev–Trinajstić information content (AvgIpc) is 3.21. The Balaban J connectivity index is 1.30. The number of ketones is 1. The smallest absolute Gasteiger partial charge is 0.163 e. The maximum atomic E-state index is 13.2. The number of aryl methyl sites for hydroxylation is 1. The lowest BCUT2D eigenvalue weighted by molar-refractivity contribution is 0.0947. The van der Waals surface area contributed by atoms with Crippen LogP contribution in [-0.4, -0.2) is 21.1 Å². The summed E-state index contributed by atoms with van der Waals surface area (Å²) in [5, 5.41) is 18.2. The molecule has 0 saturated heterocycles. The van der Waals surface area contributed by atoms with E-state index in [-0.39, 0.29) is 5.78 Å². The van der Waals surface area contributed by atoms with Gasteiger partial charge in [-0.2, -0.15) is 5.10 Å². The van der Waals surface area contributed by atoms with Crippen LogP contribution in [0.15, 0.2) is 66.7 Å². The van der Waals surface area contributed by atoms with E-state index in [1.54, 1.807) is 12.1 Å². The number of carbonyl (C=O) groups is 1. The fraction of sp³-hybridized carbons (Fsp3) is 0.310. The summed E-state index contributed by atoms with van der Waals surface area (Å²) in [4.78, 5) is 13.2. The van der Waals surface area contributed by atoms with E-state index in [0.29, 0.717) is 24.0 Å². The molecule has 168 valence electrons. The fourth-order valence-corrected chi connectivity index (χ4v) is 5.30. The summed E-state index contributed by atoms with van der Waals surface area (Å²) in [5.74, 6) is 1.39. The van der Waals surface area contributed by atoms with Gasteiger partial charge < -0.3 is 5.11 Å². The van der Waals surface area contributed by atoms with Gasteiger partial charge in [-0.25, -0.2) is 0 Å². The molecule has 1 saturated carbocycles. The molecular formula is C29H30N2O2. The van der Waals surface area contributed by atoms with E-state index in [1.165, 1.54) is 16.7 Å². The number of phenols is 1. The third-order valence-corrected chi connectivity index (χ3v) is 7.04. The Bertz CT molecular complexity index is 1270. The van der Waals surface area contributed by atoms with Crippen LogP contribution in [0.4, 0.5) is 0 Å². The number of carbonyl (C=O) groups excluding carboxylic acids is 1. The Morgan fingerprint density at radius 2 is 1.91 bits per heavy atom. The number of nitrogens with zero attached hydrogens (tertiary/aromatic N) is 1. The normalized spacial score (nSPS) is 18.5. The van der Waals surface area contributed by atoms with E-state index < -0.39 is 0 Å². The number of H-pyrrole nitrogens is 1. The standard InChI is InChI=1S/C29H30N2O2/c1-19-4-2-5-20(14-19)16-28-26-18-24(10-13-27(26)30-31-28)29(33)17-21-6-3-7-23(15-21)22-8-11-25(32)12-9-22/h2,4-5,8-14,18,21,23,32H,3,6-7,15-17H2,1H3,(H,30,31)/t21?,23-/m1/s1. The number of aromatic nitrogens is 2. The highest BCUT2D eigenvalue weighted by molar-refractivity contribution is 6.00. The zero-order valence-corrected chi connectivity index (χ0v) is 19.1. The number of benzene rings is 3. The zero-order chi connectivity index (χ0) is 22.8. The van der Waals surface area contributed by atoms with Crippen molar-refractivity contribution in [1.29, 1.82) is 0 Å². The molecule has 1 heterocycles. The second-order valence-corrected chi connectivity index (χ2v) is 9.55. The summed E-state index contributed by atoms with van der Waals surface area (Å²) in [6.45, 7) is 2.10. The van der Waals surface area contributed by atoms with Crippen LogP contribution in [0.5, 0.6) is 5.75 Å². The molecule has 2 atom stereocenters. The Morgan fingerprint density at radius 1 is 1.06 bits per heavy atom. The molecule has 2 N–H and O–H groups in total. The van der Waals surface area contributed by atoms with Gasteiger partial charge in [-0.3, -0.25) is 9.89 Å². The first-order valence-corrected chi connectivity index (χ1v) is 11.9. The third kappa shape index (κ3) is 4.85. The zero-order valence-electron chi connectivity index (χ0n) is 19.1. The first-order chi connectivity index (χ1) is 16.0. The van der Waals surface area contributed by atoms with Gasteiger partial charge in [0.1, 0.15) is 5.75 Å². The molecule has 0 aliphatic heterocycles. The van der Waals surface area contributed by atoms with Crippen LogP contribution in [0.1, 0.15) is 70.8 Å². The molecule has 0 spiro atoms. The molecule has 5 rings (SSSR count). The molecule has 1 aliphatic rings. The lowest BCUT2D eigenvalue weighted by Gasteiger charge is -2.29. The number of hydrogen-bond donors (Lipinski definition) is 2. The van der Waals surface area contributed by atoms with Gasteiger partial charge in [-0.1, -0.05) is 48.4 Å². The van der Waals surface area contributed by atoms with Crippen LogP contribution in [0.2, 0.25) is 0 Å². The largest absolute Gasteiger partial charge is 0.508 e. The van der Waals surface area contributed by atoms with Crippen molar-refractivity contribution in [2.45, 2.75) is 51.4 Å². The lowest BCUT2D eigenvalue weighted by Crippen LogP contribution is -2.17. The topological polar surface area (TPSA) is 66.0 Å². The van der Waals surface area contributed by atoms with E-state index in [0.717, 1.165) is 54.3 Å². The monoisotopic (exact) mass is 438 g/mol. The second kappa shape index (κ2) is 9.22. The quantitative estimate of drug-likeness (QED) is 0.329. The van der Waals surface area contributed by atoms with Crippen molar-refractivity contribution in [2.24, 2.45) is 5.92 Å². The molecule has 0 radical (unpaired) electrons. The van der Waals surface area contributed by atoms with Crippen molar-refractivity contribution in [3.63, 3.8) is 0 Å². The molecule has 3 aromatic carbocycles. The number of aromatic amines is 1. The maximum Gasteiger partial charge on any atom is 0.163 e. The van der Waals surface area contributed by atoms with Gasteiger partial charge in [-0.05, 0) is 79.5 Å². The predicted molar refractivity (Wildman–Crippen MR) is 132 cm³/mol. The number of Topliss-reactive ketones (excluding diaryl/α,β-unsaturated/α-hetero) is 1.